The third-order valence-corrected chi connectivity index (χ3v) is 1.44. The molecule has 0 aliphatic rings. The molecular weight excluding hydrogens is 190 g/mol. The summed E-state index contributed by atoms with van der Waals surface area (Å²) in [7, 11) is 0. The van der Waals surface area contributed by atoms with Gasteiger partial charge in [-0.05, 0) is 0 Å². The average molecular weight is 198 g/mol. The van der Waals surface area contributed by atoms with Crippen LogP contribution in [0, 0.1) is 11.3 Å². The topological polar surface area (TPSA) is 61.6 Å². The van der Waals surface area contributed by atoms with Crippen molar-refractivity contribution >= 4 is 5.82 Å². The first-order chi connectivity index (χ1) is 6.72. The van der Waals surface area contributed by atoms with E-state index in [-0.39, 0.29) is 18.7 Å². The molecule has 0 bridgehead atoms. The minimum absolute atomic E-state index is 0.137. The summed E-state index contributed by atoms with van der Waals surface area (Å²) in [6.07, 6.45) is 0.0602. The molecule has 1 aromatic rings. The number of aromatic nitrogens is 2. The SMILES string of the molecule is N#Cc1cnc(NCCC(F)F)cn1. The highest BCUT2D eigenvalue weighted by molar-refractivity contribution is 5.32. The Morgan fingerprint density at radius 2 is 2.21 bits per heavy atom. The van der Waals surface area contributed by atoms with Gasteiger partial charge in [0.1, 0.15) is 11.9 Å². The zero-order valence-corrected chi connectivity index (χ0v) is 7.24. The predicted molar refractivity (Wildman–Crippen MR) is 45.9 cm³/mol. The average Bonchev–Trinajstić information content (AvgIpc) is 2.18. The van der Waals surface area contributed by atoms with Crippen LogP contribution in [-0.2, 0) is 0 Å². The molecule has 0 fully saturated rings. The van der Waals surface area contributed by atoms with Gasteiger partial charge >= 0.3 is 0 Å². The molecule has 6 heteroatoms. The van der Waals surface area contributed by atoms with Crippen LogP contribution >= 0.6 is 0 Å². The van der Waals surface area contributed by atoms with E-state index in [1.807, 2.05) is 6.07 Å². The van der Waals surface area contributed by atoms with Crippen LogP contribution in [0.1, 0.15) is 12.1 Å². The Balaban J connectivity index is 2.41. The van der Waals surface area contributed by atoms with Gasteiger partial charge in [-0.1, -0.05) is 0 Å². The Kier molecular flexibility index (Phi) is 3.73. The third-order valence-electron chi connectivity index (χ3n) is 1.44. The van der Waals surface area contributed by atoms with E-state index in [2.05, 4.69) is 15.3 Å². The van der Waals surface area contributed by atoms with Crippen LogP contribution in [-0.4, -0.2) is 22.9 Å². The Bertz CT molecular complexity index is 317. The fraction of sp³-hybridized carbons (Fsp3) is 0.375. The molecule has 4 nitrogen and oxygen atoms in total. The van der Waals surface area contributed by atoms with E-state index < -0.39 is 6.43 Å². The molecule has 74 valence electrons. The monoisotopic (exact) mass is 198 g/mol. The van der Waals surface area contributed by atoms with Crippen LogP contribution in [0.5, 0.6) is 0 Å². The number of halogens is 2. The number of nitriles is 1. The summed E-state index contributed by atoms with van der Waals surface area (Å²) in [6, 6.07) is 1.81. The molecule has 14 heavy (non-hydrogen) atoms. The number of nitrogens with zero attached hydrogens (tertiary/aromatic N) is 3. The smallest absolute Gasteiger partial charge is 0.240 e. The Morgan fingerprint density at radius 3 is 2.71 bits per heavy atom. The van der Waals surface area contributed by atoms with Gasteiger partial charge in [0.05, 0.1) is 12.4 Å². The van der Waals surface area contributed by atoms with E-state index >= 15 is 0 Å². The second kappa shape index (κ2) is 5.07. The summed E-state index contributed by atoms with van der Waals surface area (Å²) in [5, 5.41) is 11.1. The quantitative estimate of drug-likeness (QED) is 0.794. The third kappa shape index (κ3) is 3.31. The maximum absolute atomic E-state index is 11.7. The normalized spacial score (nSPS) is 9.86. The molecule has 1 N–H and O–H groups in total. The molecule has 1 aromatic heterocycles. The standard InChI is InChI=1S/C8H8F2N4/c9-7(10)1-2-12-8-5-13-6(3-11)4-14-8/h4-5,7H,1-2H2,(H,12,14). The first-order valence-corrected chi connectivity index (χ1v) is 3.96. The summed E-state index contributed by atoms with van der Waals surface area (Å²) in [4.78, 5) is 7.53. The van der Waals surface area contributed by atoms with Crippen molar-refractivity contribution in [3.05, 3.63) is 18.1 Å². The molecule has 1 heterocycles. The highest BCUT2D eigenvalue weighted by Crippen LogP contribution is 2.02. The molecule has 0 saturated heterocycles. The summed E-state index contributed by atoms with van der Waals surface area (Å²) in [6.45, 7) is 0.137. The summed E-state index contributed by atoms with van der Waals surface area (Å²) in [5.41, 5.74) is 0.199. The molecular formula is C8H8F2N4. The van der Waals surface area contributed by atoms with E-state index in [1.54, 1.807) is 0 Å². The number of nitrogens with one attached hydrogen (secondary N) is 1. The fourth-order valence-electron chi connectivity index (χ4n) is 0.786. The van der Waals surface area contributed by atoms with Gasteiger partial charge in [0.25, 0.3) is 0 Å². The summed E-state index contributed by atoms with van der Waals surface area (Å²) >= 11 is 0. The minimum atomic E-state index is -2.33. The van der Waals surface area contributed by atoms with E-state index in [9.17, 15) is 8.78 Å². The van der Waals surface area contributed by atoms with Gasteiger partial charge < -0.3 is 5.32 Å². The molecule has 1 rings (SSSR count). The van der Waals surface area contributed by atoms with Crippen molar-refractivity contribution in [1.82, 2.24) is 9.97 Å². The van der Waals surface area contributed by atoms with Gasteiger partial charge in [-0.15, -0.1) is 0 Å². The molecule has 0 radical (unpaired) electrons. The lowest BCUT2D eigenvalue weighted by molar-refractivity contribution is 0.142. The minimum Gasteiger partial charge on any atom is -0.369 e. The van der Waals surface area contributed by atoms with Crippen LogP contribution in [0.15, 0.2) is 12.4 Å². The molecule has 0 atom stereocenters. The van der Waals surface area contributed by atoms with Crippen LogP contribution in [0.25, 0.3) is 0 Å². The van der Waals surface area contributed by atoms with Crippen molar-refractivity contribution in [2.75, 3.05) is 11.9 Å². The summed E-state index contributed by atoms with van der Waals surface area (Å²) in [5.74, 6) is 0.393. The maximum Gasteiger partial charge on any atom is 0.240 e. The van der Waals surface area contributed by atoms with Crippen molar-refractivity contribution in [3.8, 4) is 6.07 Å². The Labute approximate surface area is 79.6 Å². The van der Waals surface area contributed by atoms with Crippen LogP contribution in [0.4, 0.5) is 14.6 Å². The highest BCUT2D eigenvalue weighted by atomic mass is 19.3. The molecule has 0 amide bonds. The molecule has 0 spiro atoms. The van der Waals surface area contributed by atoms with Crippen molar-refractivity contribution < 1.29 is 8.78 Å². The number of anilines is 1. The predicted octanol–water partition coefficient (Wildman–Crippen LogP) is 1.42. The van der Waals surface area contributed by atoms with Crippen LogP contribution < -0.4 is 5.32 Å². The largest absolute Gasteiger partial charge is 0.369 e. The number of alkyl halides is 2. The van der Waals surface area contributed by atoms with E-state index in [0.717, 1.165) is 0 Å². The number of rotatable bonds is 4. The van der Waals surface area contributed by atoms with Gasteiger partial charge in [-0.2, -0.15) is 5.26 Å². The Hall–Kier alpha value is -1.77. The first-order valence-electron chi connectivity index (χ1n) is 3.96. The maximum atomic E-state index is 11.7. The number of hydrogen-bond acceptors (Lipinski definition) is 4. The van der Waals surface area contributed by atoms with Gasteiger partial charge in [-0.3, -0.25) is 0 Å². The lowest BCUT2D eigenvalue weighted by Crippen LogP contribution is -2.07. The van der Waals surface area contributed by atoms with E-state index in [0.29, 0.717) is 5.82 Å². The van der Waals surface area contributed by atoms with E-state index in [4.69, 9.17) is 5.26 Å². The zero-order chi connectivity index (χ0) is 10.4. The Morgan fingerprint density at radius 1 is 1.43 bits per heavy atom. The van der Waals surface area contributed by atoms with Gasteiger partial charge in [0.15, 0.2) is 5.69 Å². The second-order valence-electron chi connectivity index (χ2n) is 2.51. The first kappa shape index (κ1) is 10.3. The highest BCUT2D eigenvalue weighted by Gasteiger charge is 2.01. The van der Waals surface area contributed by atoms with Crippen LogP contribution in [0.3, 0.4) is 0 Å². The second-order valence-corrected chi connectivity index (χ2v) is 2.51. The van der Waals surface area contributed by atoms with Gasteiger partial charge in [-0.25, -0.2) is 18.7 Å². The van der Waals surface area contributed by atoms with Crippen molar-refractivity contribution in [1.29, 1.82) is 5.26 Å². The fourth-order valence-corrected chi connectivity index (χ4v) is 0.786. The van der Waals surface area contributed by atoms with Crippen molar-refractivity contribution in [2.24, 2.45) is 0 Å². The molecule has 0 saturated carbocycles. The lowest BCUT2D eigenvalue weighted by atomic mass is 10.4. The zero-order valence-electron chi connectivity index (χ0n) is 7.24. The summed E-state index contributed by atoms with van der Waals surface area (Å²) < 4.78 is 23.5. The van der Waals surface area contributed by atoms with Gasteiger partial charge in [0.2, 0.25) is 6.43 Å². The lowest BCUT2D eigenvalue weighted by Gasteiger charge is -2.03. The van der Waals surface area contributed by atoms with Gasteiger partial charge in [0, 0.05) is 13.0 Å². The van der Waals surface area contributed by atoms with Crippen molar-refractivity contribution in [2.45, 2.75) is 12.8 Å². The van der Waals surface area contributed by atoms with Crippen molar-refractivity contribution in [3.63, 3.8) is 0 Å². The van der Waals surface area contributed by atoms with E-state index in [1.165, 1.54) is 12.4 Å². The molecule has 0 unspecified atom stereocenters. The molecule has 0 aliphatic heterocycles. The molecule has 0 aromatic carbocycles. The number of hydrogen-bond donors (Lipinski definition) is 1. The molecule has 0 aliphatic carbocycles. The van der Waals surface area contributed by atoms with Crippen LogP contribution in [0.2, 0.25) is 0 Å².